The van der Waals surface area contributed by atoms with Gasteiger partial charge in [-0.05, 0) is 17.7 Å². The van der Waals surface area contributed by atoms with Crippen LogP contribution in [-0.2, 0) is 4.79 Å². The van der Waals surface area contributed by atoms with Gasteiger partial charge in [0, 0.05) is 12.4 Å². The fourth-order valence-corrected chi connectivity index (χ4v) is 0.785. The maximum absolute atomic E-state index is 10.5. The molecule has 0 unspecified atom stereocenters. The number of hydrogen-bond acceptors (Lipinski definition) is 3. The van der Waals surface area contributed by atoms with Crippen molar-refractivity contribution in [3.05, 3.63) is 36.4 Å². The van der Waals surface area contributed by atoms with Crippen LogP contribution >= 0.6 is 0 Å². The molecule has 12 heavy (non-hydrogen) atoms. The summed E-state index contributed by atoms with van der Waals surface area (Å²) in [6.07, 6.45) is 3.49. The van der Waals surface area contributed by atoms with Crippen LogP contribution in [0.5, 0.6) is 0 Å². The summed E-state index contributed by atoms with van der Waals surface area (Å²) in [5.74, 6) is -1.16. The number of nitrogens with zero attached hydrogens (tertiary/aromatic N) is 1. The summed E-state index contributed by atoms with van der Waals surface area (Å²) in [6, 6.07) is 3.02. The summed E-state index contributed by atoms with van der Waals surface area (Å²) < 4.78 is 0. The van der Waals surface area contributed by atoms with Crippen LogP contribution in [0.2, 0.25) is 0 Å². The van der Waals surface area contributed by atoms with Crippen molar-refractivity contribution in [3.8, 4) is 0 Å². The van der Waals surface area contributed by atoms with E-state index in [9.17, 15) is 4.79 Å². The highest BCUT2D eigenvalue weighted by molar-refractivity contribution is 6.14. The van der Waals surface area contributed by atoms with Crippen molar-refractivity contribution in [1.82, 2.24) is 4.98 Å². The molecule has 4 heteroatoms. The number of aromatic nitrogens is 1. The normalized spacial score (nSPS) is 11.2. The number of aliphatic carboxylic acids is 1. The molecule has 2 N–H and O–H groups in total. The average molecular weight is 165 g/mol. The van der Waals surface area contributed by atoms with Crippen molar-refractivity contribution < 1.29 is 15.0 Å². The van der Waals surface area contributed by atoms with Crippen LogP contribution in [0.15, 0.2) is 30.8 Å². The molecule has 0 fully saturated rings. The van der Waals surface area contributed by atoms with E-state index >= 15 is 0 Å². The number of carboxylic acid groups (broad SMARTS) is 1. The smallest absolute Gasteiger partial charge is 0.339 e. The van der Waals surface area contributed by atoms with E-state index in [1.807, 2.05) is 0 Å². The van der Waals surface area contributed by atoms with E-state index in [1.54, 1.807) is 0 Å². The molecule has 0 atom stereocenters. The van der Waals surface area contributed by atoms with Crippen LogP contribution in [0.4, 0.5) is 0 Å². The van der Waals surface area contributed by atoms with Gasteiger partial charge in [-0.15, -0.1) is 0 Å². The predicted octanol–water partition coefficient (Wildman–Crippen LogP) is 1.07. The molecule has 0 saturated carbocycles. The van der Waals surface area contributed by atoms with Crippen molar-refractivity contribution >= 4 is 11.5 Å². The van der Waals surface area contributed by atoms with Crippen LogP contribution < -0.4 is 0 Å². The molecule has 1 heterocycles. The van der Waals surface area contributed by atoms with Crippen LogP contribution in [0.25, 0.3) is 5.57 Å². The summed E-state index contributed by atoms with van der Waals surface area (Å²) in [4.78, 5) is 14.2. The average Bonchev–Trinajstić information content (AvgIpc) is 2.07. The minimum Gasteiger partial charge on any atom is -0.515 e. The number of carbonyl (C=O) groups is 1. The van der Waals surface area contributed by atoms with E-state index in [-0.39, 0.29) is 5.57 Å². The number of pyridine rings is 1. The molecule has 0 aliphatic rings. The molecule has 1 aromatic heterocycles. The lowest BCUT2D eigenvalue weighted by molar-refractivity contribution is -0.130. The summed E-state index contributed by atoms with van der Waals surface area (Å²) in [5, 5.41) is 17.2. The van der Waals surface area contributed by atoms with Crippen molar-refractivity contribution in [2.45, 2.75) is 0 Å². The van der Waals surface area contributed by atoms with Gasteiger partial charge in [0.05, 0.1) is 6.26 Å². The first-order valence-corrected chi connectivity index (χ1v) is 3.24. The minimum absolute atomic E-state index is 0.141. The molecule has 1 rings (SSSR count). The topological polar surface area (TPSA) is 70.4 Å². The highest BCUT2D eigenvalue weighted by Gasteiger charge is 2.08. The number of aliphatic hydroxyl groups excluding tert-OH is 1. The number of aliphatic hydroxyl groups is 1. The van der Waals surface area contributed by atoms with Gasteiger partial charge in [-0.3, -0.25) is 4.98 Å². The maximum Gasteiger partial charge on any atom is 0.339 e. The Labute approximate surface area is 68.8 Å². The lowest BCUT2D eigenvalue weighted by atomic mass is 10.1. The zero-order chi connectivity index (χ0) is 8.97. The SMILES string of the molecule is O=C(O)/C(=C/O)c1ccncc1. The number of rotatable bonds is 2. The quantitative estimate of drug-likeness (QED) is 0.507. The zero-order valence-corrected chi connectivity index (χ0v) is 6.14. The molecule has 0 spiro atoms. The molecule has 0 amide bonds. The van der Waals surface area contributed by atoms with Gasteiger partial charge in [-0.1, -0.05) is 0 Å². The third-order valence-electron chi connectivity index (χ3n) is 1.35. The van der Waals surface area contributed by atoms with E-state index in [0.29, 0.717) is 11.8 Å². The van der Waals surface area contributed by atoms with Crippen LogP contribution in [0, 0.1) is 0 Å². The summed E-state index contributed by atoms with van der Waals surface area (Å²) >= 11 is 0. The molecule has 0 radical (unpaired) electrons. The Morgan fingerprint density at radius 2 is 2.00 bits per heavy atom. The minimum atomic E-state index is -1.16. The van der Waals surface area contributed by atoms with Crippen molar-refractivity contribution in [3.63, 3.8) is 0 Å². The second-order valence-electron chi connectivity index (χ2n) is 2.08. The van der Waals surface area contributed by atoms with Crippen LogP contribution in [0.1, 0.15) is 5.56 Å². The third kappa shape index (κ3) is 1.60. The molecule has 1 aromatic rings. The van der Waals surface area contributed by atoms with Crippen LogP contribution in [-0.4, -0.2) is 21.2 Å². The molecular formula is C8H7NO3. The molecule has 0 aromatic carbocycles. The van der Waals surface area contributed by atoms with Crippen molar-refractivity contribution in [2.75, 3.05) is 0 Å². The first kappa shape index (κ1) is 8.26. The maximum atomic E-state index is 10.5. The molecule has 0 bridgehead atoms. The van der Waals surface area contributed by atoms with Gasteiger partial charge in [-0.2, -0.15) is 0 Å². The lowest BCUT2D eigenvalue weighted by Gasteiger charge is -1.98. The Kier molecular flexibility index (Phi) is 2.42. The molecule has 0 saturated heterocycles. The summed E-state index contributed by atoms with van der Waals surface area (Å²) in [6.45, 7) is 0. The molecule has 0 aliphatic carbocycles. The third-order valence-corrected chi connectivity index (χ3v) is 1.35. The van der Waals surface area contributed by atoms with Crippen molar-refractivity contribution in [2.24, 2.45) is 0 Å². The second kappa shape index (κ2) is 3.52. The zero-order valence-electron chi connectivity index (χ0n) is 6.14. The second-order valence-corrected chi connectivity index (χ2v) is 2.08. The fourth-order valence-electron chi connectivity index (χ4n) is 0.785. The molecule has 62 valence electrons. The lowest BCUT2D eigenvalue weighted by Crippen LogP contribution is -1.99. The van der Waals surface area contributed by atoms with E-state index in [4.69, 9.17) is 10.2 Å². The Morgan fingerprint density at radius 3 is 2.42 bits per heavy atom. The monoisotopic (exact) mass is 165 g/mol. The van der Waals surface area contributed by atoms with Gasteiger partial charge in [0.25, 0.3) is 0 Å². The Balaban J connectivity index is 3.05. The van der Waals surface area contributed by atoms with E-state index < -0.39 is 5.97 Å². The van der Waals surface area contributed by atoms with Gasteiger partial charge in [-0.25, -0.2) is 4.79 Å². The Morgan fingerprint density at radius 1 is 1.42 bits per heavy atom. The highest BCUT2D eigenvalue weighted by Crippen LogP contribution is 2.11. The van der Waals surface area contributed by atoms with Gasteiger partial charge >= 0.3 is 5.97 Å². The van der Waals surface area contributed by atoms with Gasteiger partial charge in [0.1, 0.15) is 5.57 Å². The molecular weight excluding hydrogens is 158 g/mol. The molecule has 0 aliphatic heterocycles. The standard InChI is InChI=1S/C8H7NO3/c10-5-7(8(11)12)6-1-3-9-4-2-6/h1-5,10H,(H,11,12)/b7-5+. The Hall–Kier alpha value is -1.84. The Bertz CT molecular complexity index is 305. The predicted molar refractivity (Wildman–Crippen MR) is 42.5 cm³/mol. The van der Waals surface area contributed by atoms with E-state index in [1.165, 1.54) is 24.5 Å². The highest BCUT2D eigenvalue weighted by atomic mass is 16.4. The van der Waals surface area contributed by atoms with Gasteiger partial charge < -0.3 is 10.2 Å². The summed E-state index contributed by atoms with van der Waals surface area (Å²) in [7, 11) is 0. The van der Waals surface area contributed by atoms with Gasteiger partial charge in [0.15, 0.2) is 0 Å². The fraction of sp³-hybridized carbons (Fsp3) is 0. The van der Waals surface area contributed by atoms with Crippen molar-refractivity contribution in [1.29, 1.82) is 0 Å². The van der Waals surface area contributed by atoms with Crippen LogP contribution in [0.3, 0.4) is 0 Å². The number of carboxylic acids is 1. The number of hydrogen-bond donors (Lipinski definition) is 2. The first-order chi connectivity index (χ1) is 5.75. The van der Waals surface area contributed by atoms with Gasteiger partial charge in [0.2, 0.25) is 0 Å². The summed E-state index contributed by atoms with van der Waals surface area (Å²) in [5.41, 5.74) is 0.289. The van der Waals surface area contributed by atoms with E-state index in [0.717, 1.165) is 0 Å². The molecule has 4 nitrogen and oxygen atoms in total. The largest absolute Gasteiger partial charge is 0.515 e. The first-order valence-electron chi connectivity index (χ1n) is 3.24. The van der Waals surface area contributed by atoms with E-state index in [2.05, 4.69) is 4.98 Å².